The molecule has 0 saturated carbocycles. The van der Waals surface area contributed by atoms with Crippen molar-refractivity contribution in [2.75, 3.05) is 4.90 Å². The molecule has 3 nitrogen and oxygen atoms in total. The van der Waals surface area contributed by atoms with Crippen LogP contribution in [0.5, 0.6) is 0 Å². The van der Waals surface area contributed by atoms with Crippen LogP contribution in [0, 0.1) is 6.92 Å². The monoisotopic (exact) mass is 683 g/mol. The van der Waals surface area contributed by atoms with E-state index in [9.17, 15) is 0 Å². The van der Waals surface area contributed by atoms with Crippen LogP contribution < -0.4 is 4.90 Å². The SMILES string of the molecule is Cc1ccc(-n2c3ccccc3c3cc(-c4ccc(N(c5ccc(-c6ccccc6)cc5)c5ccc6c(c5)sc5ccccc56)cc4)ccc32)nc1. The van der Waals surface area contributed by atoms with Gasteiger partial charge in [0.2, 0.25) is 0 Å². The number of benzene rings is 7. The first-order valence-corrected chi connectivity index (χ1v) is 18.4. The average Bonchev–Trinajstić information content (AvgIpc) is 3.74. The molecule has 0 atom stereocenters. The number of hydrogen-bond donors (Lipinski definition) is 0. The number of thiophene rings is 1. The summed E-state index contributed by atoms with van der Waals surface area (Å²) in [5.41, 5.74) is 11.6. The van der Waals surface area contributed by atoms with Crippen LogP contribution in [0.4, 0.5) is 17.1 Å². The summed E-state index contributed by atoms with van der Waals surface area (Å²) >= 11 is 1.85. The molecule has 0 aliphatic rings. The van der Waals surface area contributed by atoms with Gasteiger partial charge in [-0.1, -0.05) is 109 Å². The van der Waals surface area contributed by atoms with E-state index in [1.165, 1.54) is 53.2 Å². The lowest BCUT2D eigenvalue weighted by atomic mass is 10.0. The van der Waals surface area contributed by atoms with E-state index in [0.29, 0.717) is 0 Å². The van der Waals surface area contributed by atoms with Crippen molar-refractivity contribution in [3.63, 3.8) is 0 Å². The average molecular weight is 684 g/mol. The van der Waals surface area contributed by atoms with Crippen LogP contribution in [-0.4, -0.2) is 9.55 Å². The van der Waals surface area contributed by atoms with Crippen molar-refractivity contribution in [2.45, 2.75) is 6.92 Å². The molecule has 0 aliphatic heterocycles. The molecule has 0 aliphatic carbocycles. The van der Waals surface area contributed by atoms with E-state index in [2.05, 4.69) is 192 Å². The van der Waals surface area contributed by atoms with Gasteiger partial charge in [0.05, 0.1) is 11.0 Å². The summed E-state index contributed by atoms with van der Waals surface area (Å²) in [6.45, 7) is 2.07. The highest BCUT2D eigenvalue weighted by Gasteiger charge is 2.17. The van der Waals surface area contributed by atoms with Gasteiger partial charge in [-0.15, -0.1) is 11.3 Å². The highest BCUT2D eigenvalue weighted by atomic mass is 32.1. The van der Waals surface area contributed by atoms with Crippen molar-refractivity contribution in [3.8, 4) is 28.1 Å². The number of aromatic nitrogens is 2. The molecule has 0 N–H and O–H groups in total. The van der Waals surface area contributed by atoms with Gasteiger partial charge in [0.15, 0.2) is 0 Å². The Morgan fingerprint density at radius 1 is 0.442 bits per heavy atom. The molecular formula is C48H33N3S. The third kappa shape index (κ3) is 5.15. The molecule has 10 rings (SSSR count). The standard InChI is InChI=1S/C48H33N3S/c1-32-15-28-48(49-31-32)51-44-13-7-5-11-40(44)43-29-36(20-27-45(43)51)35-18-23-38(24-19-35)50(37-21-16-34(17-22-37)33-9-3-2-4-10-33)39-25-26-42-41-12-6-8-14-46(41)52-47(42)30-39/h2-31H,1H3. The van der Waals surface area contributed by atoms with Crippen LogP contribution in [0.2, 0.25) is 0 Å². The van der Waals surface area contributed by atoms with E-state index in [0.717, 1.165) is 39.5 Å². The predicted octanol–water partition coefficient (Wildman–Crippen LogP) is 13.7. The third-order valence-corrected chi connectivity index (χ3v) is 11.2. The molecule has 0 bridgehead atoms. The Morgan fingerprint density at radius 3 is 1.79 bits per heavy atom. The summed E-state index contributed by atoms with van der Waals surface area (Å²) in [5.74, 6) is 0.930. The lowest BCUT2D eigenvalue weighted by molar-refractivity contribution is 1.07. The lowest BCUT2D eigenvalue weighted by Gasteiger charge is -2.26. The van der Waals surface area contributed by atoms with Gasteiger partial charge in [-0.25, -0.2) is 4.98 Å². The molecule has 3 heterocycles. The number of anilines is 3. The van der Waals surface area contributed by atoms with E-state index < -0.39 is 0 Å². The molecule has 3 aromatic heterocycles. The Morgan fingerprint density at radius 2 is 1.04 bits per heavy atom. The summed E-state index contributed by atoms with van der Waals surface area (Å²) < 4.78 is 4.87. The van der Waals surface area contributed by atoms with Gasteiger partial charge in [0, 0.05) is 54.2 Å². The van der Waals surface area contributed by atoms with Gasteiger partial charge in [0.25, 0.3) is 0 Å². The molecule has 52 heavy (non-hydrogen) atoms. The zero-order chi connectivity index (χ0) is 34.6. The number of fused-ring (bicyclic) bond motifs is 6. The molecule has 246 valence electrons. The molecule has 0 unspecified atom stereocenters. The topological polar surface area (TPSA) is 21.1 Å². The van der Waals surface area contributed by atoms with E-state index in [1.807, 2.05) is 17.5 Å². The number of para-hydroxylation sites is 1. The predicted molar refractivity (Wildman–Crippen MR) is 222 cm³/mol. The van der Waals surface area contributed by atoms with Gasteiger partial charge in [-0.2, -0.15) is 0 Å². The van der Waals surface area contributed by atoms with Crippen LogP contribution in [0.1, 0.15) is 5.56 Å². The maximum atomic E-state index is 4.78. The van der Waals surface area contributed by atoms with Crippen LogP contribution in [-0.2, 0) is 0 Å². The Balaban J connectivity index is 1.06. The van der Waals surface area contributed by atoms with Gasteiger partial charge < -0.3 is 4.90 Å². The number of rotatable bonds is 6. The second-order valence-corrected chi connectivity index (χ2v) is 14.4. The fourth-order valence-corrected chi connectivity index (χ4v) is 8.67. The largest absolute Gasteiger partial charge is 0.310 e. The Hall–Kier alpha value is -6.49. The van der Waals surface area contributed by atoms with Crippen molar-refractivity contribution in [3.05, 3.63) is 188 Å². The summed E-state index contributed by atoms with van der Waals surface area (Å²) in [6, 6.07) is 63.7. The number of nitrogens with zero attached hydrogens (tertiary/aromatic N) is 3. The molecule has 7 aromatic carbocycles. The van der Waals surface area contributed by atoms with E-state index in [-0.39, 0.29) is 0 Å². The second kappa shape index (κ2) is 12.4. The lowest BCUT2D eigenvalue weighted by Crippen LogP contribution is -2.09. The molecule has 0 saturated heterocycles. The summed E-state index contributed by atoms with van der Waals surface area (Å²) in [5, 5.41) is 5.05. The minimum absolute atomic E-state index is 0.930. The first-order valence-electron chi connectivity index (χ1n) is 17.6. The van der Waals surface area contributed by atoms with Gasteiger partial charge in [-0.3, -0.25) is 4.57 Å². The quantitative estimate of drug-likeness (QED) is 0.174. The Kier molecular flexibility index (Phi) is 7.22. The molecule has 0 fully saturated rings. The van der Waals surface area contributed by atoms with Crippen molar-refractivity contribution in [2.24, 2.45) is 0 Å². The smallest absolute Gasteiger partial charge is 0.137 e. The van der Waals surface area contributed by atoms with Gasteiger partial charge in [0.1, 0.15) is 5.82 Å². The molecule has 10 aromatic rings. The summed E-state index contributed by atoms with van der Waals surface area (Å²) in [7, 11) is 0. The maximum absolute atomic E-state index is 4.78. The van der Waals surface area contributed by atoms with Crippen molar-refractivity contribution < 1.29 is 0 Å². The van der Waals surface area contributed by atoms with Crippen molar-refractivity contribution in [1.82, 2.24) is 9.55 Å². The van der Waals surface area contributed by atoms with Crippen molar-refractivity contribution >= 4 is 70.4 Å². The molecule has 4 heteroatoms. The van der Waals surface area contributed by atoms with E-state index >= 15 is 0 Å². The van der Waals surface area contributed by atoms with Gasteiger partial charge >= 0.3 is 0 Å². The Labute approximate surface area is 306 Å². The summed E-state index contributed by atoms with van der Waals surface area (Å²) in [4.78, 5) is 7.15. The number of aryl methyl sites for hydroxylation is 1. The normalized spacial score (nSPS) is 11.6. The van der Waals surface area contributed by atoms with Gasteiger partial charge in [-0.05, 0) is 101 Å². The highest BCUT2D eigenvalue weighted by molar-refractivity contribution is 7.25. The zero-order valence-corrected chi connectivity index (χ0v) is 29.4. The molecular weight excluding hydrogens is 651 g/mol. The highest BCUT2D eigenvalue weighted by Crippen LogP contribution is 2.42. The first-order chi connectivity index (χ1) is 25.7. The molecule has 0 amide bonds. The van der Waals surface area contributed by atoms with Crippen LogP contribution in [0.3, 0.4) is 0 Å². The molecule has 0 radical (unpaired) electrons. The van der Waals surface area contributed by atoms with E-state index in [4.69, 9.17) is 4.98 Å². The zero-order valence-electron chi connectivity index (χ0n) is 28.6. The fraction of sp³-hybridized carbons (Fsp3) is 0.0208. The minimum Gasteiger partial charge on any atom is -0.310 e. The maximum Gasteiger partial charge on any atom is 0.137 e. The third-order valence-electron chi connectivity index (χ3n) is 10.1. The van der Waals surface area contributed by atoms with Crippen LogP contribution >= 0.6 is 11.3 Å². The number of pyridine rings is 1. The Bertz CT molecular complexity index is 2880. The van der Waals surface area contributed by atoms with Crippen molar-refractivity contribution in [1.29, 1.82) is 0 Å². The van der Waals surface area contributed by atoms with Crippen LogP contribution in [0.25, 0.3) is 70.0 Å². The van der Waals surface area contributed by atoms with Crippen LogP contribution in [0.15, 0.2) is 182 Å². The fourth-order valence-electron chi connectivity index (χ4n) is 7.53. The summed E-state index contributed by atoms with van der Waals surface area (Å²) in [6.07, 6.45) is 1.94. The first kappa shape index (κ1) is 30.3. The number of hydrogen-bond acceptors (Lipinski definition) is 3. The molecule has 0 spiro atoms. The minimum atomic E-state index is 0.930. The second-order valence-electron chi connectivity index (χ2n) is 13.4. The van der Waals surface area contributed by atoms with E-state index in [1.54, 1.807) is 0 Å².